The van der Waals surface area contributed by atoms with E-state index < -0.39 is 4.92 Å². The SMILES string of the molecule is CN(C)C1Nc2cc([N+](=O)[O-])ccc2N1CCCO. The highest BCUT2D eigenvalue weighted by molar-refractivity contribution is 5.78. The number of hydrogen-bond donors (Lipinski definition) is 2. The Labute approximate surface area is 111 Å². The summed E-state index contributed by atoms with van der Waals surface area (Å²) in [6.45, 7) is 0.816. The molecule has 0 spiro atoms. The molecule has 0 radical (unpaired) electrons. The number of nitro benzene ring substituents is 1. The van der Waals surface area contributed by atoms with Crippen LogP contribution in [0.5, 0.6) is 0 Å². The highest BCUT2D eigenvalue weighted by atomic mass is 16.6. The van der Waals surface area contributed by atoms with Gasteiger partial charge in [0.1, 0.15) is 0 Å². The number of nitrogens with one attached hydrogen (secondary N) is 1. The molecule has 0 amide bonds. The molecule has 1 unspecified atom stereocenters. The Morgan fingerprint density at radius 1 is 1.53 bits per heavy atom. The van der Waals surface area contributed by atoms with Crippen molar-refractivity contribution < 1.29 is 10.0 Å². The highest BCUT2D eigenvalue weighted by Gasteiger charge is 2.30. The van der Waals surface area contributed by atoms with Gasteiger partial charge >= 0.3 is 0 Å². The van der Waals surface area contributed by atoms with Gasteiger partial charge in [-0.15, -0.1) is 0 Å². The minimum atomic E-state index is -0.400. The smallest absolute Gasteiger partial charge is 0.271 e. The predicted molar refractivity (Wildman–Crippen MR) is 73.2 cm³/mol. The van der Waals surface area contributed by atoms with Crippen LogP contribution in [0.1, 0.15) is 6.42 Å². The van der Waals surface area contributed by atoms with Gasteiger partial charge in [0.2, 0.25) is 0 Å². The third kappa shape index (κ3) is 2.61. The number of aliphatic hydroxyl groups excluding tert-OH is 1. The Kier molecular flexibility index (Phi) is 3.87. The maximum Gasteiger partial charge on any atom is 0.271 e. The maximum atomic E-state index is 10.8. The fourth-order valence-electron chi connectivity index (χ4n) is 2.24. The summed E-state index contributed by atoms with van der Waals surface area (Å²) in [7, 11) is 3.87. The molecular formula is C12H18N4O3. The zero-order chi connectivity index (χ0) is 14.0. The van der Waals surface area contributed by atoms with Gasteiger partial charge in [0, 0.05) is 25.3 Å². The molecule has 0 fully saturated rings. The first kappa shape index (κ1) is 13.6. The molecule has 1 aromatic rings. The van der Waals surface area contributed by atoms with E-state index in [1.807, 2.05) is 19.0 Å². The lowest BCUT2D eigenvalue weighted by molar-refractivity contribution is -0.384. The van der Waals surface area contributed by atoms with E-state index >= 15 is 0 Å². The molecule has 104 valence electrons. The van der Waals surface area contributed by atoms with Crippen molar-refractivity contribution in [3.05, 3.63) is 28.3 Å². The lowest BCUT2D eigenvalue weighted by atomic mass is 10.2. The monoisotopic (exact) mass is 266 g/mol. The summed E-state index contributed by atoms with van der Waals surface area (Å²) in [4.78, 5) is 14.5. The van der Waals surface area contributed by atoms with E-state index in [9.17, 15) is 10.1 Å². The molecule has 1 aliphatic heterocycles. The molecule has 0 aromatic heterocycles. The van der Waals surface area contributed by atoms with Crippen LogP contribution in [-0.4, -0.2) is 48.5 Å². The van der Waals surface area contributed by atoms with E-state index in [0.29, 0.717) is 13.0 Å². The van der Waals surface area contributed by atoms with Crippen LogP contribution in [0.25, 0.3) is 0 Å². The van der Waals surface area contributed by atoms with Crippen LogP contribution in [0.15, 0.2) is 18.2 Å². The Morgan fingerprint density at radius 2 is 2.26 bits per heavy atom. The molecule has 2 N–H and O–H groups in total. The van der Waals surface area contributed by atoms with Crippen molar-refractivity contribution in [3.8, 4) is 0 Å². The Bertz CT molecular complexity index is 478. The van der Waals surface area contributed by atoms with Crippen LogP contribution in [0.2, 0.25) is 0 Å². The third-order valence-electron chi connectivity index (χ3n) is 3.13. The highest BCUT2D eigenvalue weighted by Crippen LogP contribution is 2.37. The largest absolute Gasteiger partial charge is 0.396 e. The molecule has 7 heteroatoms. The van der Waals surface area contributed by atoms with Gasteiger partial charge in [0.15, 0.2) is 6.29 Å². The van der Waals surface area contributed by atoms with Crippen molar-refractivity contribution in [1.29, 1.82) is 0 Å². The summed E-state index contributed by atoms with van der Waals surface area (Å²) in [5.41, 5.74) is 1.76. The zero-order valence-electron chi connectivity index (χ0n) is 11.0. The van der Waals surface area contributed by atoms with Gasteiger partial charge < -0.3 is 15.3 Å². The average molecular weight is 266 g/mol. The van der Waals surface area contributed by atoms with E-state index in [-0.39, 0.29) is 18.6 Å². The third-order valence-corrected chi connectivity index (χ3v) is 3.13. The molecule has 1 aliphatic rings. The Hall–Kier alpha value is -1.86. The molecule has 1 atom stereocenters. The summed E-state index contributed by atoms with van der Waals surface area (Å²) >= 11 is 0. The van der Waals surface area contributed by atoms with Gasteiger partial charge in [-0.1, -0.05) is 0 Å². The van der Waals surface area contributed by atoms with Crippen molar-refractivity contribution >= 4 is 17.1 Å². The number of benzene rings is 1. The molecule has 2 rings (SSSR count). The van der Waals surface area contributed by atoms with Crippen LogP contribution in [-0.2, 0) is 0 Å². The molecule has 1 aromatic carbocycles. The lowest BCUT2D eigenvalue weighted by Gasteiger charge is -2.31. The van der Waals surface area contributed by atoms with Crippen molar-refractivity contribution in [3.63, 3.8) is 0 Å². The van der Waals surface area contributed by atoms with E-state index in [2.05, 4.69) is 10.2 Å². The average Bonchev–Trinajstić information content (AvgIpc) is 2.74. The van der Waals surface area contributed by atoms with E-state index in [0.717, 1.165) is 11.4 Å². The molecule has 7 nitrogen and oxygen atoms in total. The molecule has 0 saturated carbocycles. The standard InChI is InChI=1S/C12H18N4O3/c1-14(2)12-13-10-8-9(16(18)19)4-5-11(10)15(12)6-3-7-17/h4-5,8,12-13,17H,3,6-7H2,1-2H3. The van der Waals surface area contributed by atoms with E-state index in [4.69, 9.17) is 5.11 Å². The topological polar surface area (TPSA) is 81.9 Å². The minimum absolute atomic E-state index is 0.0523. The maximum absolute atomic E-state index is 10.8. The molecular weight excluding hydrogens is 248 g/mol. The normalized spacial score (nSPS) is 17.5. The Morgan fingerprint density at radius 3 is 2.84 bits per heavy atom. The van der Waals surface area contributed by atoms with Crippen LogP contribution >= 0.6 is 0 Å². The van der Waals surface area contributed by atoms with Crippen molar-refractivity contribution in [2.75, 3.05) is 37.5 Å². The summed E-state index contributed by atoms with van der Waals surface area (Å²) in [5, 5.41) is 23.0. The lowest BCUT2D eigenvalue weighted by Crippen LogP contribution is -2.46. The summed E-state index contributed by atoms with van der Waals surface area (Å²) in [5.74, 6) is 0. The van der Waals surface area contributed by atoms with Gasteiger partial charge in [-0.2, -0.15) is 0 Å². The number of aliphatic hydroxyl groups is 1. The molecule has 0 aliphatic carbocycles. The van der Waals surface area contributed by atoms with Crippen molar-refractivity contribution in [2.24, 2.45) is 0 Å². The van der Waals surface area contributed by atoms with Gasteiger partial charge in [-0.25, -0.2) is 0 Å². The number of hydrogen-bond acceptors (Lipinski definition) is 6. The first-order chi connectivity index (χ1) is 9.04. The second-order valence-corrected chi connectivity index (χ2v) is 4.71. The molecule has 0 bridgehead atoms. The first-order valence-electron chi connectivity index (χ1n) is 6.13. The second-order valence-electron chi connectivity index (χ2n) is 4.71. The summed E-state index contributed by atoms with van der Waals surface area (Å²) in [6.07, 6.45) is 0.603. The minimum Gasteiger partial charge on any atom is -0.396 e. The van der Waals surface area contributed by atoms with Crippen LogP contribution < -0.4 is 10.2 Å². The zero-order valence-corrected chi connectivity index (χ0v) is 11.0. The van der Waals surface area contributed by atoms with Gasteiger partial charge in [0.25, 0.3) is 5.69 Å². The van der Waals surface area contributed by atoms with E-state index in [1.165, 1.54) is 6.07 Å². The summed E-state index contributed by atoms with van der Waals surface area (Å²) in [6, 6.07) is 4.80. The van der Waals surface area contributed by atoms with E-state index in [1.54, 1.807) is 12.1 Å². The number of non-ortho nitro benzene ring substituents is 1. The van der Waals surface area contributed by atoms with Crippen LogP contribution in [0, 0.1) is 10.1 Å². The fraction of sp³-hybridized carbons (Fsp3) is 0.500. The fourth-order valence-corrected chi connectivity index (χ4v) is 2.24. The number of nitro groups is 1. The number of fused-ring (bicyclic) bond motifs is 1. The second kappa shape index (κ2) is 5.41. The molecule has 1 heterocycles. The molecule has 19 heavy (non-hydrogen) atoms. The number of anilines is 2. The van der Waals surface area contributed by atoms with Crippen molar-refractivity contribution in [1.82, 2.24) is 4.90 Å². The number of nitrogens with zero attached hydrogens (tertiary/aromatic N) is 3. The molecule has 0 saturated heterocycles. The van der Waals surface area contributed by atoms with Gasteiger partial charge in [0.05, 0.1) is 16.3 Å². The first-order valence-corrected chi connectivity index (χ1v) is 6.13. The summed E-state index contributed by atoms with van der Waals surface area (Å²) < 4.78 is 0. The van der Waals surface area contributed by atoms with Crippen LogP contribution in [0.4, 0.5) is 17.1 Å². The quantitative estimate of drug-likeness (QED) is 0.612. The van der Waals surface area contributed by atoms with Gasteiger partial charge in [-0.3, -0.25) is 15.0 Å². The predicted octanol–water partition coefficient (Wildman–Crippen LogP) is 1.05. The Balaban J connectivity index is 2.30. The van der Waals surface area contributed by atoms with Crippen molar-refractivity contribution in [2.45, 2.75) is 12.7 Å². The number of rotatable bonds is 5. The van der Waals surface area contributed by atoms with Gasteiger partial charge in [-0.05, 0) is 26.6 Å². The van der Waals surface area contributed by atoms with Crippen LogP contribution in [0.3, 0.4) is 0 Å².